The van der Waals surface area contributed by atoms with E-state index in [1.165, 1.54) is 6.07 Å². The molecule has 7 nitrogen and oxygen atoms in total. The van der Waals surface area contributed by atoms with E-state index in [-0.39, 0.29) is 18.8 Å². The van der Waals surface area contributed by atoms with Gasteiger partial charge in [-0.3, -0.25) is 4.68 Å². The number of aromatic nitrogens is 3. The number of nitrogens with zero attached hydrogens (tertiary/aromatic N) is 3. The third-order valence-electron chi connectivity index (χ3n) is 8.83. The molecule has 8 heteroatoms. The van der Waals surface area contributed by atoms with Crippen LogP contribution in [-0.2, 0) is 44.4 Å². The summed E-state index contributed by atoms with van der Waals surface area (Å²) in [5, 5.41) is 18.3. The van der Waals surface area contributed by atoms with Crippen molar-refractivity contribution >= 4 is 27.6 Å². The van der Waals surface area contributed by atoms with E-state index in [1.807, 2.05) is 80.7 Å². The molecule has 0 unspecified atom stereocenters. The van der Waals surface area contributed by atoms with Crippen LogP contribution in [0.15, 0.2) is 78.9 Å². The van der Waals surface area contributed by atoms with Crippen molar-refractivity contribution in [2.24, 2.45) is 7.05 Å². The Morgan fingerprint density at radius 1 is 0.956 bits per heavy atom. The van der Waals surface area contributed by atoms with E-state index < -0.39 is 11.8 Å². The summed E-state index contributed by atoms with van der Waals surface area (Å²) in [6.07, 6.45) is 1.62. The lowest BCUT2D eigenvalue weighted by molar-refractivity contribution is 0.0684. The van der Waals surface area contributed by atoms with Crippen LogP contribution in [0.25, 0.3) is 32.8 Å². The molecule has 0 atom stereocenters. The molecule has 6 aromatic rings. The molecule has 0 radical (unpaired) electrons. The number of ether oxygens (including phenoxy) is 2. The molecular formula is C37H34FN3O4. The van der Waals surface area contributed by atoms with Gasteiger partial charge in [-0.1, -0.05) is 67.6 Å². The standard InChI is InChI=1S/C37H34FN3O4/c1-3-30-34-31(40(2)39-30)22-44-21-25-12-5-4-11-24(25)20-41-35-28(17-18-29(38)33(34)35)27(36(41)37(42)43)15-9-19-45-32-16-8-13-23-10-6-7-14-26(23)32/h4-8,10-14,16-18H,3,9,15,19-22H2,1-2H3,(H,42,43). The van der Waals surface area contributed by atoms with Crippen molar-refractivity contribution in [2.45, 2.75) is 45.9 Å². The van der Waals surface area contributed by atoms with E-state index in [1.54, 1.807) is 15.3 Å². The second kappa shape index (κ2) is 11.9. The summed E-state index contributed by atoms with van der Waals surface area (Å²) in [4.78, 5) is 13.1. The molecule has 0 amide bonds. The lowest BCUT2D eigenvalue weighted by atomic mass is 9.96. The van der Waals surface area contributed by atoms with Crippen molar-refractivity contribution in [2.75, 3.05) is 6.61 Å². The van der Waals surface area contributed by atoms with E-state index >= 15 is 4.39 Å². The van der Waals surface area contributed by atoms with E-state index in [0.717, 1.165) is 44.4 Å². The molecule has 45 heavy (non-hydrogen) atoms. The smallest absolute Gasteiger partial charge is 0.352 e. The highest BCUT2D eigenvalue weighted by molar-refractivity contribution is 6.04. The van der Waals surface area contributed by atoms with E-state index in [9.17, 15) is 9.90 Å². The van der Waals surface area contributed by atoms with Crippen LogP contribution in [0, 0.1) is 5.82 Å². The maximum atomic E-state index is 16.2. The van der Waals surface area contributed by atoms with Gasteiger partial charge in [-0.05, 0) is 59.5 Å². The van der Waals surface area contributed by atoms with Gasteiger partial charge in [-0.2, -0.15) is 5.10 Å². The highest BCUT2D eigenvalue weighted by Crippen LogP contribution is 2.41. The van der Waals surface area contributed by atoms with Crippen LogP contribution in [0.5, 0.6) is 5.75 Å². The van der Waals surface area contributed by atoms with Crippen molar-refractivity contribution in [1.29, 1.82) is 0 Å². The number of carboxylic acids is 1. The van der Waals surface area contributed by atoms with Gasteiger partial charge in [0.25, 0.3) is 0 Å². The van der Waals surface area contributed by atoms with Crippen molar-refractivity contribution < 1.29 is 23.8 Å². The van der Waals surface area contributed by atoms with Gasteiger partial charge in [0.05, 0.1) is 36.7 Å². The van der Waals surface area contributed by atoms with Crippen molar-refractivity contribution in [1.82, 2.24) is 14.3 Å². The Labute approximate surface area is 260 Å². The van der Waals surface area contributed by atoms with Crippen molar-refractivity contribution in [3.05, 3.63) is 118 Å². The summed E-state index contributed by atoms with van der Waals surface area (Å²) >= 11 is 0. The Hall–Kier alpha value is -4.95. The molecule has 1 aliphatic heterocycles. The fourth-order valence-electron chi connectivity index (χ4n) is 6.74. The van der Waals surface area contributed by atoms with Crippen molar-refractivity contribution in [3.63, 3.8) is 0 Å². The lowest BCUT2D eigenvalue weighted by Gasteiger charge is -2.15. The van der Waals surface area contributed by atoms with Crippen LogP contribution in [0.3, 0.4) is 0 Å². The van der Waals surface area contributed by atoms with E-state index in [2.05, 4.69) is 0 Å². The summed E-state index contributed by atoms with van der Waals surface area (Å²) < 4.78 is 32.1. The van der Waals surface area contributed by atoms with Crippen molar-refractivity contribution in [3.8, 4) is 16.9 Å². The van der Waals surface area contributed by atoms with Gasteiger partial charge in [-0.15, -0.1) is 0 Å². The van der Waals surface area contributed by atoms with Gasteiger partial charge in [0.15, 0.2) is 0 Å². The minimum Gasteiger partial charge on any atom is -0.493 e. The van der Waals surface area contributed by atoms with Gasteiger partial charge < -0.3 is 19.1 Å². The molecule has 0 saturated heterocycles. The van der Waals surface area contributed by atoms with Gasteiger partial charge in [-0.25, -0.2) is 9.18 Å². The highest BCUT2D eigenvalue weighted by atomic mass is 19.1. The number of halogens is 1. The molecule has 1 N–H and O–H groups in total. The molecular weight excluding hydrogens is 569 g/mol. The maximum Gasteiger partial charge on any atom is 0.352 e. The van der Waals surface area contributed by atoms with Gasteiger partial charge in [0, 0.05) is 35.5 Å². The first kappa shape index (κ1) is 28.8. The first-order valence-corrected chi connectivity index (χ1v) is 15.3. The Morgan fingerprint density at radius 2 is 1.73 bits per heavy atom. The van der Waals surface area contributed by atoms with Crippen LogP contribution in [0.1, 0.15) is 51.9 Å². The predicted octanol–water partition coefficient (Wildman–Crippen LogP) is 7.68. The molecule has 4 aromatic carbocycles. The summed E-state index contributed by atoms with van der Waals surface area (Å²) in [5.41, 5.74) is 5.85. The number of benzene rings is 4. The van der Waals surface area contributed by atoms with Crippen LogP contribution < -0.4 is 4.74 Å². The highest BCUT2D eigenvalue weighted by Gasteiger charge is 2.30. The number of hydrogen-bond donors (Lipinski definition) is 1. The summed E-state index contributed by atoms with van der Waals surface area (Å²) in [6.45, 7) is 3.24. The Morgan fingerprint density at radius 3 is 2.56 bits per heavy atom. The number of hydrogen-bond acceptors (Lipinski definition) is 4. The van der Waals surface area contributed by atoms with Gasteiger partial charge >= 0.3 is 5.97 Å². The second-order valence-corrected chi connectivity index (χ2v) is 11.5. The Balaban J connectivity index is 1.38. The molecule has 228 valence electrons. The molecule has 0 aliphatic carbocycles. The zero-order chi connectivity index (χ0) is 31.1. The first-order valence-electron chi connectivity index (χ1n) is 15.3. The lowest BCUT2D eigenvalue weighted by Crippen LogP contribution is -2.13. The fraction of sp³-hybridized carbons (Fsp3) is 0.243. The molecule has 0 saturated carbocycles. The average molecular weight is 604 g/mol. The number of fused-ring (bicyclic) bond motifs is 4. The largest absolute Gasteiger partial charge is 0.493 e. The third kappa shape index (κ3) is 5.05. The molecule has 3 heterocycles. The predicted molar refractivity (Wildman–Crippen MR) is 172 cm³/mol. The number of aryl methyl sites for hydroxylation is 3. The number of carbonyl (C=O) groups is 1. The van der Waals surface area contributed by atoms with Crippen LogP contribution in [0.4, 0.5) is 4.39 Å². The fourth-order valence-corrected chi connectivity index (χ4v) is 6.74. The number of rotatable bonds is 7. The van der Waals surface area contributed by atoms with Crippen LogP contribution in [0.2, 0.25) is 0 Å². The molecule has 0 fully saturated rings. The monoisotopic (exact) mass is 603 g/mol. The molecule has 1 aliphatic rings. The molecule has 0 bridgehead atoms. The minimum atomic E-state index is -1.05. The molecule has 2 aromatic heterocycles. The van der Waals surface area contributed by atoms with Gasteiger partial charge in [0.1, 0.15) is 17.3 Å². The molecule has 0 spiro atoms. The normalized spacial score (nSPS) is 13.0. The van der Waals surface area contributed by atoms with Gasteiger partial charge in [0.2, 0.25) is 0 Å². The average Bonchev–Trinajstić information content (AvgIpc) is 3.52. The number of carboxylic acid groups (broad SMARTS) is 1. The second-order valence-electron chi connectivity index (χ2n) is 11.5. The summed E-state index contributed by atoms with van der Waals surface area (Å²) in [7, 11) is 1.84. The summed E-state index contributed by atoms with van der Waals surface area (Å²) in [6, 6.07) is 25.1. The van der Waals surface area contributed by atoms with E-state index in [4.69, 9.17) is 14.6 Å². The zero-order valence-corrected chi connectivity index (χ0v) is 25.3. The SMILES string of the molecule is CCc1nn(C)c2c1-c1c(F)ccc3c(CCCOc4cccc5ccccc45)c(C(=O)O)n(c13)Cc1ccccc1COC2. The first-order chi connectivity index (χ1) is 22.0. The topological polar surface area (TPSA) is 78.5 Å². The maximum absolute atomic E-state index is 16.2. The van der Waals surface area contributed by atoms with Crippen LogP contribution in [-0.4, -0.2) is 32.0 Å². The van der Waals surface area contributed by atoms with Crippen LogP contribution >= 0.6 is 0 Å². The zero-order valence-electron chi connectivity index (χ0n) is 25.3. The molecule has 7 rings (SSSR count). The quantitative estimate of drug-likeness (QED) is 0.189. The Bertz CT molecular complexity index is 2070. The minimum absolute atomic E-state index is 0.167. The third-order valence-corrected chi connectivity index (χ3v) is 8.83. The summed E-state index contributed by atoms with van der Waals surface area (Å²) in [5.74, 6) is -0.670. The Kier molecular flexibility index (Phi) is 7.59. The number of aromatic carboxylic acids is 1. The van der Waals surface area contributed by atoms with E-state index in [0.29, 0.717) is 54.7 Å².